The van der Waals surface area contributed by atoms with E-state index in [2.05, 4.69) is 0 Å². The van der Waals surface area contributed by atoms with E-state index in [-0.39, 0.29) is 45.4 Å². The number of carbonyl (C=O) groups excluding carboxylic acids is 2. The second-order valence-corrected chi connectivity index (χ2v) is 7.95. The van der Waals surface area contributed by atoms with Gasteiger partial charge in [-0.3, -0.25) is 14.5 Å². The molecule has 37 heavy (non-hydrogen) atoms. The first-order valence-electron chi connectivity index (χ1n) is 11.0. The summed E-state index contributed by atoms with van der Waals surface area (Å²) in [7, 11) is 5.51. The maximum Gasteiger partial charge on any atom is 0.300 e. The minimum absolute atomic E-state index is 0.0612. The van der Waals surface area contributed by atoms with E-state index < -0.39 is 35.1 Å². The molecule has 0 aliphatic carbocycles. The number of nitrogens with zero attached hydrogens (tertiary/aromatic N) is 1. The van der Waals surface area contributed by atoms with Gasteiger partial charge in [-0.15, -0.1) is 0 Å². The van der Waals surface area contributed by atoms with Crippen molar-refractivity contribution < 1.29 is 42.4 Å². The third-order valence-corrected chi connectivity index (χ3v) is 5.95. The van der Waals surface area contributed by atoms with Crippen molar-refractivity contribution in [2.24, 2.45) is 0 Å². The van der Waals surface area contributed by atoms with Crippen LogP contribution in [0.5, 0.6) is 23.0 Å². The zero-order valence-electron chi connectivity index (χ0n) is 20.4. The molecule has 8 nitrogen and oxygen atoms in total. The number of ether oxygens (including phenoxy) is 4. The SMILES string of the molecule is COc1ccc(F)cc1/C(O)=C1\C(=O)C(=O)N(c2cccc(F)c2)C1c1cc(OC)c(OC)c(OC)c1. The molecule has 0 saturated carbocycles. The summed E-state index contributed by atoms with van der Waals surface area (Å²) < 4.78 is 49.8. The number of ketones is 1. The molecule has 4 rings (SSSR count). The largest absolute Gasteiger partial charge is 0.507 e. The number of Topliss-reactive ketones (excluding diaryl/α,β-unsaturated/α-hetero) is 1. The average molecular weight is 511 g/mol. The van der Waals surface area contributed by atoms with Gasteiger partial charge in [-0.05, 0) is 54.1 Å². The molecule has 1 aliphatic heterocycles. The Kier molecular flexibility index (Phi) is 7.01. The summed E-state index contributed by atoms with van der Waals surface area (Å²) in [4.78, 5) is 27.7. The smallest absolute Gasteiger partial charge is 0.300 e. The van der Waals surface area contributed by atoms with Crippen LogP contribution in [0, 0.1) is 11.6 Å². The van der Waals surface area contributed by atoms with Gasteiger partial charge < -0.3 is 24.1 Å². The number of hydrogen-bond donors (Lipinski definition) is 1. The third-order valence-electron chi connectivity index (χ3n) is 5.95. The van der Waals surface area contributed by atoms with Gasteiger partial charge in [-0.2, -0.15) is 0 Å². The van der Waals surface area contributed by atoms with E-state index in [1.165, 1.54) is 64.8 Å². The lowest BCUT2D eigenvalue weighted by Crippen LogP contribution is -2.29. The molecule has 1 saturated heterocycles. The third kappa shape index (κ3) is 4.42. The fraction of sp³-hybridized carbons (Fsp3) is 0.185. The van der Waals surface area contributed by atoms with E-state index in [0.29, 0.717) is 0 Å². The number of carbonyl (C=O) groups is 2. The zero-order valence-corrected chi connectivity index (χ0v) is 20.4. The number of anilines is 1. The summed E-state index contributed by atoms with van der Waals surface area (Å²) in [5.41, 5.74) is -0.175. The molecule has 1 unspecified atom stereocenters. The average Bonchev–Trinajstić information content (AvgIpc) is 3.17. The van der Waals surface area contributed by atoms with Gasteiger partial charge in [0.25, 0.3) is 11.7 Å². The Labute approximate surface area is 211 Å². The van der Waals surface area contributed by atoms with Crippen LogP contribution in [0.25, 0.3) is 5.76 Å². The first-order valence-corrected chi connectivity index (χ1v) is 11.0. The normalized spacial score (nSPS) is 16.6. The number of rotatable bonds is 7. The van der Waals surface area contributed by atoms with E-state index in [4.69, 9.17) is 18.9 Å². The second-order valence-electron chi connectivity index (χ2n) is 7.95. The van der Waals surface area contributed by atoms with Crippen LogP contribution in [-0.2, 0) is 9.59 Å². The van der Waals surface area contributed by atoms with Crippen molar-refractivity contribution in [3.63, 3.8) is 0 Å². The summed E-state index contributed by atoms with van der Waals surface area (Å²) in [5.74, 6) is -3.36. The van der Waals surface area contributed by atoms with Crippen molar-refractivity contribution in [2.45, 2.75) is 6.04 Å². The first kappa shape index (κ1) is 25.5. The maximum absolute atomic E-state index is 14.2. The van der Waals surface area contributed by atoms with Gasteiger partial charge in [0.05, 0.1) is 45.6 Å². The summed E-state index contributed by atoms with van der Waals surface area (Å²) in [6, 6.07) is 10.2. The fourth-order valence-corrected chi connectivity index (χ4v) is 4.31. The first-order chi connectivity index (χ1) is 17.7. The molecule has 1 heterocycles. The monoisotopic (exact) mass is 511 g/mol. The molecule has 1 aliphatic rings. The van der Waals surface area contributed by atoms with Crippen LogP contribution >= 0.6 is 0 Å². The Morgan fingerprint density at radius 2 is 1.43 bits per heavy atom. The highest BCUT2D eigenvalue weighted by Gasteiger charge is 2.48. The van der Waals surface area contributed by atoms with E-state index in [1.54, 1.807) is 0 Å². The highest BCUT2D eigenvalue weighted by atomic mass is 19.1. The maximum atomic E-state index is 14.2. The van der Waals surface area contributed by atoms with Gasteiger partial charge in [-0.1, -0.05) is 6.07 Å². The quantitative estimate of drug-likeness (QED) is 0.281. The minimum Gasteiger partial charge on any atom is -0.507 e. The van der Waals surface area contributed by atoms with Crippen LogP contribution in [0.4, 0.5) is 14.5 Å². The lowest BCUT2D eigenvalue weighted by molar-refractivity contribution is -0.132. The number of methoxy groups -OCH3 is 4. The van der Waals surface area contributed by atoms with Crippen molar-refractivity contribution in [3.8, 4) is 23.0 Å². The predicted octanol–water partition coefficient (Wildman–Crippen LogP) is 4.63. The van der Waals surface area contributed by atoms with Crippen LogP contribution in [0.15, 0.2) is 60.2 Å². The summed E-state index contributed by atoms with van der Waals surface area (Å²) in [6.07, 6.45) is 0. The molecule has 10 heteroatoms. The van der Waals surface area contributed by atoms with Gasteiger partial charge >= 0.3 is 0 Å². The summed E-state index contributed by atoms with van der Waals surface area (Å²) in [6.45, 7) is 0. The number of aliphatic hydroxyl groups is 1. The Balaban J connectivity index is 2.06. The van der Waals surface area contributed by atoms with Crippen LogP contribution in [0.1, 0.15) is 17.2 Å². The Morgan fingerprint density at radius 1 is 0.811 bits per heavy atom. The molecular weight excluding hydrogens is 488 g/mol. The molecule has 0 bridgehead atoms. The highest BCUT2D eigenvalue weighted by molar-refractivity contribution is 6.51. The molecule has 1 atom stereocenters. The summed E-state index contributed by atoms with van der Waals surface area (Å²) >= 11 is 0. The number of halogens is 2. The Hall–Kier alpha value is -4.60. The van der Waals surface area contributed by atoms with Crippen molar-refractivity contribution in [2.75, 3.05) is 33.3 Å². The summed E-state index contributed by atoms with van der Waals surface area (Å²) in [5, 5.41) is 11.3. The minimum atomic E-state index is -1.27. The number of amides is 1. The number of benzene rings is 3. The van der Waals surface area contributed by atoms with Gasteiger partial charge in [-0.25, -0.2) is 8.78 Å². The van der Waals surface area contributed by atoms with Gasteiger partial charge in [0.2, 0.25) is 5.75 Å². The lowest BCUT2D eigenvalue weighted by atomic mass is 9.94. The van der Waals surface area contributed by atoms with Crippen molar-refractivity contribution in [1.29, 1.82) is 0 Å². The Bertz CT molecular complexity index is 1390. The molecule has 1 amide bonds. The molecule has 3 aromatic carbocycles. The molecule has 0 aromatic heterocycles. The highest BCUT2D eigenvalue weighted by Crippen LogP contribution is 2.47. The molecular formula is C27H23F2NO7. The van der Waals surface area contributed by atoms with E-state index >= 15 is 0 Å². The molecule has 0 spiro atoms. The molecule has 1 fully saturated rings. The predicted molar refractivity (Wildman–Crippen MR) is 130 cm³/mol. The van der Waals surface area contributed by atoms with Crippen molar-refractivity contribution >= 4 is 23.1 Å². The van der Waals surface area contributed by atoms with Gasteiger partial charge in [0, 0.05) is 5.69 Å². The van der Waals surface area contributed by atoms with Gasteiger partial charge in [0.15, 0.2) is 11.5 Å². The lowest BCUT2D eigenvalue weighted by Gasteiger charge is -2.26. The Morgan fingerprint density at radius 3 is 2.00 bits per heavy atom. The molecule has 192 valence electrons. The van der Waals surface area contributed by atoms with E-state index in [9.17, 15) is 23.5 Å². The molecule has 1 N–H and O–H groups in total. The van der Waals surface area contributed by atoms with Crippen LogP contribution in [-0.4, -0.2) is 45.2 Å². The molecule has 0 radical (unpaired) electrons. The topological polar surface area (TPSA) is 94.5 Å². The number of hydrogen-bond acceptors (Lipinski definition) is 7. The van der Waals surface area contributed by atoms with E-state index in [1.807, 2.05) is 0 Å². The van der Waals surface area contributed by atoms with Crippen LogP contribution in [0.3, 0.4) is 0 Å². The van der Waals surface area contributed by atoms with E-state index in [0.717, 1.165) is 23.1 Å². The molecule has 3 aromatic rings. The fourth-order valence-electron chi connectivity index (χ4n) is 4.31. The van der Waals surface area contributed by atoms with Crippen molar-refractivity contribution in [3.05, 3.63) is 82.9 Å². The van der Waals surface area contributed by atoms with Crippen LogP contribution in [0.2, 0.25) is 0 Å². The second kappa shape index (κ2) is 10.2. The van der Waals surface area contributed by atoms with Crippen molar-refractivity contribution in [1.82, 2.24) is 0 Å². The zero-order chi connectivity index (χ0) is 26.9. The number of aliphatic hydroxyl groups excluding tert-OH is 1. The van der Waals surface area contributed by atoms with Crippen LogP contribution < -0.4 is 23.8 Å². The van der Waals surface area contributed by atoms with Gasteiger partial charge in [0.1, 0.15) is 23.1 Å². The standard InChI is InChI=1S/C27H23F2NO7/c1-34-19-9-8-16(29)13-18(19)24(31)22-23(14-10-20(35-2)26(37-4)21(11-14)36-3)30(27(33)25(22)32)17-7-5-6-15(28)12-17/h5-13,23,31H,1-4H3/b24-22+.